The Kier molecular flexibility index (Phi) is 9.86. The molecule has 218 valence electrons. The van der Waals surface area contributed by atoms with Gasteiger partial charge < -0.3 is 10.2 Å². The molecule has 1 fully saturated rings. The van der Waals surface area contributed by atoms with Crippen LogP contribution in [0.15, 0.2) is 77.7 Å². The van der Waals surface area contributed by atoms with Crippen molar-refractivity contribution in [3.8, 4) is 0 Å². The molecule has 3 aromatic carbocycles. The van der Waals surface area contributed by atoms with Crippen molar-refractivity contribution in [2.45, 2.75) is 83.3 Å². The molecule has 1 aliphatic carbocycles. The van der Waals surface area contributed by atoms with Crippen LogP contribution in [0.5, 0.6) is 0 Å². The summed E-state index contributed by atoms with van der Waals surface area (Å²) in [5.41, 5.74) is 4.16. The second-order valence-electron chi connectivity index (χ2n) is 11.2. The van der Waals surface area contributed by atoms with Gasteiger partial charge in [0, 0.05) is 12.6 Å². The number of carbonyl (C=O) groups is 2. The average Bonchev–Trinajstić information content (AvgIpc) is 2.95. The lowest BCUT2D eigenvalue weighted by atomic mass is 9.95. The summed E-state index contributed by atoms with van der Waals surface area (Å²) in [6.07, 6.45) is 5.19. The monoisotopic (exact) mass is 575 g/mol. The van der Waals surface area contributed by atoms with Crippen molar-refractivity contribution < 1.29 is 18.0 Å². The number of nitrogens with one attached hydrogen (secondary N) is 1. The van der Waals surface area contributed by atoms with Crippen molar-refractivity contribution >= 4 is 27.5 Å². The van der Waals surface area contributed by atoms with Gasteiger partial charge in [-0.2, -0.15) is 0 Å². The maximum Gasteiger partial charge on any atom is 0.264 e. The Hall–Kier alpha value is -3.65. The van der Waals surface area contributed by atoms with E-state index in [-0.39, 0.29) is 23.4 Å². The Balaban J connectivity index is 1.67. The molecular weight excluding hydrogens is 534 g/mol. The minimum Gasteiger partial charge on any atom is -0.352 e. The molecule has 0 unspecified atom stereocenters. The van der Waals surface area contributed by atoms with Crippen LogP contribution in [0.1, 0.15) is 61.3 Å². The second-order valence-corrected chi connectivity index (χ2v) is 13.1. The van der Waals surface area contributed by atoms with Crippen LogP contribution in [-0.2, 0) is 26.2 Å². The molecule has 4 rings (SSSR count). The zero-order valence-corrected chi connectivity index (χ0v) is 25.3. The van der Waals surface area contributed by atoms with Crippen molar-refractivity contribution in [2.24, 2.45) is 0 Å². The maximum atomic E-state index is 14.1. The Morgan fingerprint density at radius 3 is 2.07 bits per heavy atom. The number of aryl methyl sites for hydroxylation is 3. The summed E-state index contributed by atoms with van der Waals surface area (Å²) in [5, 5.41) is 3.14. The zero-order chi connectivity index (χ0) is 29.6. The van der Waals surface area contributed by atoms with Gasteiger partial charge in [-0.15, -0.1) is 0 Å². The summed E-state index contributed by atoms with van der Waals surface area (Å²) >= 11 is 0. The molecule has 7 nitrogen and oxygen atoms in total. The topological polar surface area (TPSA) is 86.8 Å². The summed E-state index contributed by atoms with van der Waals surface area (Å²) in [4.78, 5) is 29.1. The molecule has 0 radical (unpaired) electrons. The number of nitrogens with zero attached hydrogens (tertiary/aromatic N) is 2. The highest BCUT2D eigenvalue weighted by atomic mass is 32.2. The third-order valence-corrected chi connectivity index (χ3v) is 9.56. The van der Waals surface area contributed by atoms with Gasteiger partial charge in [0.25, 0.3) is 10.0 Å². The van der Waals surface area contributed by atoms with Crippen molar-refractivity contribution in [1.29, 1.82) is 0 Å². The molecule has 0 saturated heterocycles. The number of benzene rings is 3. The molecule has 3 aromatic rings. The van der Waals surface area contributed by atoms with E-state index in [0.717, 1.165) is 52.2 Å². The number of carbonyl (C=O) groups excluding carboxylic acids is 2. The predicted octanol–water partition coefficient (Wildman–Crippen LogP) is 5.67. The van der Waals surface area contributed by atoms with Crippen molar-refractivity contribution in [3.63, 3.8) is 0 Å². The van der Waals surface area contributed by atoms with Crippen LogP contribution >= 0.6 is 0 Å². The lowest BCUT2D eigenvalue weighted by molar-refractivity contribution is -0.139. The van der Waals surface area contributed by atoms with Gasteiger partial charge in [-0.05, 0) is 75.9 Å². The first kappa shape index (κ1) is 30.3. The number of sulfonamides is 1. The van der Waals surface area contributed by atoms with E-state index in [1.54, 1.807) is 49.4 Å². The summed E-state index contributed by atoms with van der Waals surface area (Å²) in [7, 11) is -4.08. The average molecular weight is 576 g/mol. The fourth-order valence-electron chi connectivity index (χ4n) is 5.19. The fourth-order valence-corrected chi connectivity index (χ4v) is 6.60. The van der Waals surface area contributed by atoms with E-state index >= 15 is 0 Å². The van der Waals surface area contributed by atoms with Crippen LogP contribution in [0.4, 0.5) is 5.69 Å². The molecule has 0 aromatic heterocycles. The first-order chi connectivity index (χ1) is 19.5. The van der Waals surface area contributed by atoms with E-state index in [9.17, 15) is 18.0 Å². The van der Waals surface area contributed by atoms with E-state index in [1.165, 1.54) is 11.3 Å². The van der Waals surface area contributed by atoms with E-state index in [4.69, 9.17) is 0 Å². The molecule has 8 heteroatoms. The van der Waals surface area contributed by atoms with Crippen molar-refractivity contribution in [1.82, 2.24) is 10.2 Å². The van der Waals surface area contributed by atoms with Crippen molar-refractivity contribution in [2.75, 3.05) is 10.8 Å². The molecular formula is C33H41N3O4S. The quantitative estimate of drug-likeness (QED) is 0.337. The molecule has 1 saturated carbocycles. The summed E-state index contributed by atoms with van der Waals surface area (Å²) in [5.74, 6) is -0.671. The number of amides is 2. The first-order valence-corrected chi connectivity index (χ1v) is 15.8. The summed E-state index contributed by atoms with van der Waals surface area (Å²) in [6.45, 7) is 7.22. The molecule has 0 heterocycles. The van der Waals surface area contributed by atoms with Crippen LogP contribution in [0, 0.1) is 20.8 Å². The smallest absolute Gasteiger partial charge is 0.264 e. The minimum atomic E-state index is -4.08. The summed E-state index contributed by atoms with van der Waals surface area (Å²) in [6, 6.07) is 20.8. The van der Waals surface area contributed by atoms with Gasteiger partial charge in [0.1, 0.15) is 12.6 Å². The third-order valence-electron chi connectivity index (χ3n) is 7.77. The molecule has 1 atom stereocenters. The van der Waals surface area contributed by atoms with Crippen LogP contribution in [0.25, 0.3) is 0 Å². The molecule has 1 aliphatic rings. The number of hydrogen-bond donors (Lipinski definition) is 1. The molecule has 0 aliphatic heterocycles. The normalized spacial score (nSPS) is 14.7. The van der Waals surface area contributed by atoms with E-state index in [1.807, 2.05) is 51.1 Å². The molecule has 2 amide bonds. The number of anilines is 1. The van der Waals surface area contributed by atoms with Gasteiger partial charge in [0.15, 0.2) is 0 Å². The third kappa shape index (κ3) is 7.76. The highest BCUT2D eigenvalue weighted by Crippen LogP contribution is 2.26. The highest BCUT2D eigenvalue weighted by molar-refractivity contribution is 7.92. The lowest BCUT2D eigenvalue weighted by Gasteiger charge is -2.33. The Labute approximate surface area is 244 Å². The summed E-state index contributed by atoms with van der Waals surface area (Å²) < 4.78 is 29.1. The number of hydrogen-bond acceptors (Lipinski definition) is 4. The van der Waals surface area contributed by atoms with Crippen LogP contribution in [-0.4, -0.2) is 43.8 Å². The number of rotatable bonds is 10. The van der Waals surface area contributed by atoms with Crippen LogP contribution in [0.2, 0.25) is 0 Å². The van der Waals surface area contributed by atoms with Gasteiger partial charge >= 0.3 is 0 Å². The van der Waals surface area contributed by atoms with E-state index < -0.39 is 28.5 Å². The maximum absolute atomic E-state index is 14.1. The Morgan fingerprint density at radius 1 is 0.854 bits per heavy atom. The minimum absolute atomic E-state index is 0.0979. The van der Waals surface area contributed by atoms with Crippen LogP contribution in [0.3, 0.4) is 0 Å². The van der Waals surface area contributed by atoms with Gasteiger partial charge in [-0.3, -0.25) is 13.9 Å². The second kappa shape index (κ2) is 13.3. The van der Waals surface area contributed by atoms with Gasteiger partial charge in [0.05, 0.1) is 10.6 Å². The fraction of sp³-hybridized carbons (Fsp3) is 0.394. The Morgan fingerprint density at radius 2 is 1.46 bits per heavy atom. The molecule has 1 N–H and O–H groups in total. The largest absolute Gasteiger partial charge is 0.352 e. The van der Waals surface area contributed by atoms with Crippen LogP contribution < -0.4 is 9.62 Å². The lowest BCUT2D eigenvalue weighted by Crippen LogP contribution is -2.53. The van der Waals surface area contributed by atoms with Gasteiger partial charge in [-0.25, -0.2) is 8.42 Å². The van der Waals surface area contributed by atoms with E-state index in [2.05, 4.69) is 5.32 Å². The zero-order valence-electron chi connectivity index (χ0n) is 24.5. The SMILES string of the molecule is Cc1ccc(CN(C(=O)CN(c2cccc(C)c2)S(=O)(=O)c2ccc(C)cc2)[C@@H](C)C(=O)NC2CCCCC2)cc1. The molecule has 0 spiro atoms. The molecule has 0 bridgehead atoms. The van der Waals surface area contributed by atoms with E-state index in [0.29, 0.717) is 5.69 Å². The Bertz CT molecular complexity index is 1450. The predicted molar refractivity (Wildman–Crippen MR) is 163 cm³/mol. The van der Waals surface area contributed by atoms with Crippen molar-refractivity contribution in [3.05, 3.63) is 95.1 Å². The standard InChI is InChI=1S/C33H41N3O4S/c1-24-13-17-28(18-14-24)22-35(27(4)33(38)34-29-10-6-5-7-11-29)32(37)23-36(30-12-8-9-26(3)21-30)41(39,40)31-19-15-25(2)16-20-31/h8-9,12-21,27,29H,5-7,10-11,22-23H2,1-4H3,(H,34,38)/t27-/m0/s1. The first-order valence-electron chi connectivity index (χ1n) is 14.4. The molecule has 41 heavy (non-hydrogen) atoms. The van der Waals surface area contributed by atoms with Gasteiger partial charge in [-0.1, -0.05) is 78.9 Å². The highest BCUT2D eigenvalue weighted by Gasteiger charge is 2.33. The van der Waals surface area contributed by atoms with Gasteiger partial charge in [0.2, 0.25) is 11.8 Å².